The third-order valence-corrected chi connectivity index (χ3v) is 6.31. The molecule has 10 heteroatoms. The van der Waals surface area contributed by atoms with Crippen molar-refractivity contribution >= 4 is 23.1 Å². The van der Waals surface area contributed by atoms with Crippen molar-refractivity contribution in [1.29, 1.82) is 0 Å². The van der Waals surface area contributed by atoms with Crippen LogP contribution in [0, 0.1) is 6.92 Å². The number of amides is 1. The number of aryl methyl sites for hydroxylation is 1. The summed E-state index contributed by atoms with van der Waals surface area (Å²) in [7, 11) is 0. The zero-order valence-corrected chi connectivity index (χ0v) is 18.8. The number of rotatable bonds is 6. The maximum Gasteiger partial charge on any atom is 0.350 e. The third-order valence-electron chi connectivity index (χ3n) is 6.31. The molecule has 2 fully saturated rings. The molecule has 174 valence electrons. The standard InChI is InChI=1S/C23H29N7O3/c1-17-4-6-18(7-5-17)27-10-12-28(13-11-27)21-22-26-30(23(32)29(22)9-8-24-21)16-20(31)25-15-19-3-2-14-33-19/h4-9,19H,2-3,10-16H2,1H3,(H,25,31)/t19-/m1/s1. The van der Waals surface area contributed by atoms with E-state index in [9.17, 15) is 9.59 Å². The molecule has 2 saturated heterocycles. The molecule has 0 unspecified atom stereocenters. The summed E-state index contributed by atoms with van der Waals surface area (Å²) in [4.78, 5) is 34.2. The largest absolute Gasteiger partial charge is 0.376 e. The van der Waals surface area contributed by atoms with Gasteiger partial charge in [0.05, 0.1) is 6.10 Å². The number of fused-ring (bicyclic) bond motifs is 1. The number of benzene rings is 1. The van der Waals surface area contributed by atoms with Crippen LogP contribution in [0.1, 0.15) is 18.4 Å². The van der Waals surface area contributed by atoms with Gasteiger partial charge in [-0.1, -0.05) is 17.7 Å². The maximum absolute atomic E-state index is 12.8. The van der Waals surface area contributed by atoms with Crippen LogP contribution < -0.4 is 20.8 Å². The highest BCUT2D eigenvalue weighted by molar-refractivity contribution is 5.75. The van der Waals surface area contributed by atoms with Crippen molar-refractivity contribution in [3.8, 4) is 0 Å². The van der Waals surface area contributed by atoms with E-state index >= 15 is 0 Å². The molecule has 0 aliphatic carbocycles. The van der Waals surface area contributed by atoms with E-state index in [4.69, 9.17) is 4.74 Å². The second-order valence-corrected chi connectivity index (χ2v) is 8.63. The fraction of sp³-hybridized carbons (Fsp3) is 0.478. The second-order valence-electron chi connectivity index (χ2n) is 8.63. The summed E-state index contributed by atoms with van der Waals surface area (Å²) < 4.78 is 8.19. The molecule has 5 rings (SSSR count). The van der Waals surface area contributed by atoms with Gasteiger partial charge in [-0.25, -0.2) is 18.9 Å². The molecule has 1 amide bonds. The molecule has 1 N–H and O–H groups in total. The number of hydrogen-bond donors (Lipinski definition) is 1. The highest BCUT2D eigenvalue weighted by atomic mass is 16.5. The minimum atomic E-state index is -0.348. The summed E-state index contributed by atoms with van der Waals surface area (Å²) >= 11 is 0. The van der Waals surface area contributed by atoms with E-state index in [0.29, 0.717) is 18.0 Å². The van der Waals surface area contributed by atoms with Gasteiger partial charge in [0.2, 0.25) is 11.6 Å². The molecule has 3 aromatic rings. The van der Waals surface area contributed by atoms with E-state index in [-0.39, 0.29) is 24.2 Å². The molecule has 2 aliphatic rings. The van der Waals surface area contributed by atoms with E-state index in [0.717, 1.165) is 45.6 Å². The van der Waals surface area contributed by atoms with E-state index in [1.165, 1.54) is 20.3 Å². The first-order chi connectivity index (χ1) is 16.1. The lowest BCUT2D eigenvalue weighted by molar-refractivity contribution is -0.122. The Kier molecular flexibility index (Phi) is 5.99. The summed E-state index contributed by atoms with van der Waals surface area (Å²) in [6.45, 7) is 6.38. The van der Waals surface area contributed by atoms with Gasteiger partial charge < -0.3 is 19.9 Å². The molecule has 1 aromatic carbocycles. The quantitative estimate of drug-likeness (QED) is 0.593. The summed E-state index contributed by atoms with van der Waals surface area (Å²) in [5.41, 5.74) is 2.58. The molecule has 0 radical (unpaired) electrons. The molecule has 4 heterocycles. The smallest absolute Gasteiger partial charge is 0.350 e. The van der Waals surface area contributed by atoms with Crippen LogP contribution in [0.3, 0.4) is 0 Å². The fourth-order valence-electron chi connectivity index (χ4n) is 4.42. The minimum Gasteiger partial charge on any atom is -0.376 e. The molecule has 1 atom stereocenters. The predicted octanol–water partition coefficient (Wildman–Crippen LogP) is 0.821. The summed E-state index contributed by atoms with van der Waals surface area (Å²) in [6.07, 6.45) is 5.22. The maximum atomic E-state index is 12.8. The molecule has 2 aromatic heterocycles. The Morgan fingerprint density at radius 2 is 1.91 bits per heavy atom. The summed E-state index contributed by atoms with van der Waals surface area (Å²) in [5, 5.41) is 7.29. The third kappa shape index (κ3) is 4.56. The van der Waals surface area contributed by atoms with Gasteiger partial charge >= 0.3 is 5.69 Å². The Morgan fingerprint density at radius 3 is 2.64 bits per heavy atom. The molecule has 10 nitrogen and oxygen atoms in total. The Labute approximate surface area is 191 Å². The molecule has 2 aliphatic heterocycles. The van der Waals surface area contributed by atoms with Crippen molar-refractivity contribution < 1.29 is 9.53 Å². The van der Waals surface area contributed by atoms with Crippen molar-refractivity contribution in [3.05, 3.63) is 52.7 Å². The van der Waals surface area contributed by atoms with E-state index in [2.05, 4.69) is 56.4 Å². The Balaban J connectivity index is 1.28. The lowest BCUT2D eigenvalue weighted by Gasteiger charge is -2.36. The number of carbonyl (C=O) groups excluding carboxylic acids is 1. The van der Waals surface area contributed by atoms with Gasteiger partial charge in [0.1, 0.15) is 6.54 Å². The average molecular weight is 452 g/mol. The van der Waals surface area contributed by atoms with E-state index in [1.807, 2.05) is 0 Å². The van der Waals surface area contributed by atoms with Crippen molar-refractivity contribution in [3.63, 3.8) is 0 Å². The average Bonchev–Trinajstić information content (AvgIpc) is 3.47. The number of carbonyl (C=O) groups is 1. The molecular weight excluding hydrogens is 422 g/mol. The Morgan fingerprint density at radius 1 is 1.15 bits per heavy atom. The van der Waals surface area contributed by atoms with Gasteiger partial charge in [-0.2, -0.15) is 0 Å². The number of anilines is 2. The molecule has 0 bridgehead atoms. The van der Waals surface area contributed by atoms with Gasteiger partial charge in [-0.3, -0.25) is 4.79 Å². The Bertz CT molecular complexity index is 1170. The molecule has 0 saturated carbocycles. The van der Waals surface area contributed by atoms with Crippen LogP contribution in [0.5, 0.6) is 0 Å². The fourth-order valence-corrected chi connectivity index (χ4v) is 4.42. The topological polar surface area (TPSA) is 97.0 Å². The van der Waals surface area contributed by atoms with E-state index < -0.39 is 0 Å². The van der Waals surface area contributed by atoms with Gasteiger partial charge in [0.15, 0.2) is 5.82 Å². The SMILES string of the molecule is Cc1ccc(N2CCN(c3nccn4c(=O)n(CC(=O)NC[C@H]5CCCO5)nc34)CC2)cc1. The first-order valence-electron chi connectivity index (χ1n) is 11.5. The van der Waals surface area contributed by atoms with E-state index in [1.54, 1.807) is 12.4 Å². The molecule has 0 spiro atoms. The first kappa shape index (κ1) is 21.4. The summed E-state index contributed by atoms with van der Waals surface area (Å²) in [5.74, 6) is 0.411. The molecular formula is C23H29N7O3. The molecule has 33 heavy (non-hydrogen) atoms. The zero-order chi connectivity index (χ0) is 22.8. The van der Waals surface area contributed by atoms with Crippen LogP contribution in [0.4, 0.5) is 11.5 Å². The van der Waals surface area contributed by atoms with Crippen molar-refractivity contribution in [1.82, 2.24) is 24.5 Å². The number of nitrogens with one attached hydrogen (secondary N) is 1. The number of hydrogen-bond acceptors (Lipinski definition) is 7. The number of ether oxygens (including phenoxy) is 1. The number of aromatic nitrogens is 4. The summed E-state index contributed by atoms with van der Waals surface area (Å²) in [6, 6.07) is 8.55. The van der Waals surface area contributed by atoms with Crippen LogP contribution >= 0.6 is 0 Å². The highest BCUT2D eigenvalue weighted by Crippen LogP contribution is 2.21. The number of nitrogens with zero attached hydrogens (tertiary/aromatic N) is 6. The van der Waals surface area contributed by atoms with Gasteiger partial charge in [-0.15, -0.1) is 5.10 Å². The van der Waals surface area contributed by atoms with Crippen LogP contribution in [0.25, 0.3) is 5.65 Å². The zero-order valence-electron chi connectivity index (χ0n) is 18.8. The highest BCUT2D eigenvalue weighted by Gasteiger charge is 2.23. The predicted molar refractivity (Wildman–Crippen MR) is 125 cm³/mol. The van der Waals surface area contributed by atoms with Gasteiger partial charge in [0.25, 0.3) is 0 Å². The lowest BCUT2D eigenvalue weighted by atomic mass is 10.2. The van der Waals surface area contributed by atoms with Crippen molar-refractivity contribution in [2.45, 2.75) is 32.4 Å². The normalized spacial score (nSPS) is 18.8. The van der Waals surface area contributed by atoms with Gasteiger partial charge in [-0.05, 0) is 31.9 Å². The number of piperazine rings is 1. The van der Waals surface area contributed by atoms with Crippen LogP contribution in [-0.2, 0) is 16.1 Å². The Hall–Kier alpha value is -3.40. The second kappa shape index (κ2) is 9.22. The van der Waals surface area contributed by atoms with Crippen molar-refractivity contribution in [2.75, 3.05) is 49.1 Å². The monoisotopic (exact) mass is 451 g/mol. The first-order valence-corrected chi connectivity index (χ1v) is 11.5. The van der Waals surface area contributed by atoms with Crippen molar-refractivity contribution in [2.24, 2.45) is 0 Å². The van der Waals surface area contributed by atoms with Crippen LogP contribution in [-0.4, -0.2) is 70.5 Å². The van der Waals surface area contributed by atoms with Crippen LogP contribution in [0.15, 0.2) is 41.5 Å². The lowest BCUT2D eigenvalue weighted by Crippen LogP contribution is -2.47. The van der Waals surface area contributed by atoms with Gasteiger partial charge in [0, 0.05) is 57.4 Å². The van der Waals surface area contributed by atoms with Crippen LogP contribution in [0.2, 0.25) is 0 Å². The minimum absolute atomic E-state index is 0.0566.